The van der Waals surface area contributed by atoms with Crippen LogP contribution in [0, 0.1) is 0 Å². The fourth-order valence-electron chi connectivity index (χ4n) is 7.10. The van der Waals surface area contributed by atoms with E-state index >= 15 is 0 Å². The molecule has 1 amide bonds. The lowest BCUT2D eigenvalue weighted by atomic mass is 10.0. The van der Waals surface area contributed by atoms with E-state index in [2.05, 4.69) is 44.3 Å². The highest BCUT2D eigenvalue weighted by atomic mass is 16.5. The van der Waals surface area contributed by atoms with E-state index in [-0.39, 0.29) is 24.9 Å². The first-order chi connectivity index (χ1) is 28.0. The van der Waals surface area contributed by atoms with Crippen molar-refractivity contribution in [3.05, 3.63) is 60.8 Å². The van der Waals surface area contributed by atoms with Crippen molar-refractivity contribution in [2.45, 2.75) is 244 Å². The smallest absolute Gasteiger partial charge is 0.306 e. The highest BCUT2D eigenvalue weighted by Gasteiger charge is 2.24. The number of unbranched alkanes of at least 4 members (excludes halogenated alkanes) is 24. The molecule has 6 heteroatoms. The minimum Gasteiger partial charge on any atom is -0.462 e. The minimum absolute atomic E-state index is 0.0596. The number of amides is 1. The van der Waals surface area contributed by atoms with Crippen molar-refractivity contribution >= 4 is 11.9 Å². The lowest BCUT2D eigenvalue weighted by Crippen LogP contribution is -2.46. The zero-order valence-corrected chi connectivity index (χ0v) is 37.5. The van der Waals surface area contributed by atoms with Crippen LogP contribution in [0.4, 0.5) is 0 Å². The van der Waals surface area contributed by atoms with E-state index in [9.17, 15) is 19.8 Å². The second-order valence-corrected chi connectivity index (χ2v) is 16.3. The van der Waals surface area contributed by atoms with Crippen molar-refractivity contribution < 1.29 is 24.5 Å². The summed E-state index contributed by atoms with van der Waals surface area (Å²) in [6.07, 6.45) is 54.3. The summed E-state index contributed by atoms with van der Waals surface area (Å²) in [4.78, 5) is 26.0. The molecular formula is C51H91NO5. The average molecular weight is 798 g/mol. The molecule has 0 aromatic heterocycles. The molecule has 0 fully saturated rings. The Bertz CT molecular complexity index is 1030. The second-order valence-electron chi connectivity index (χ2n) is 16.3. The monoisotopic (exact) mass is 798 g/mol. The molecule has 0 rings (SSSR count). The van der Waals surface area contributed by atoms with E-state index in [4.69, 9.17) is 4.74 Å². The molecule has 0 aromatic rings. The van der Waals surface area contributed by atoms with E-state index < -0.39 is 18.2 Å². The first kappa shape index (κ1) is 54.6. The standard InChI is InChI=1S/C51H91NO5/c1-4-7-10-13-16-19-21-23-25-27-29-31-34-37-40-43-49(54)48(46-53)52-50(55)45-47(42-39-36-33-18-15-12-9-6-3)57-51(56)44-41-38-35-32-30-28-26-24-22-20-17-14-11-8-5-2/h8,11,14,17,20,22,24,26,28,30,47-49,53-54H,4-7,9-10,12-13,15-16,18-19,21,23,25,27,29,31-46H2,1-3H3,(H,52,55)/b11-8+,17-14+,22-20-,26-24-,30-28+. The SMILES string of the molecule is CC/C=C/C=C/C=C\C=C/C=C/CCCCCC(=O)OC(CCCCCCCCCC)CC(=O)NC(CO)C(O)CCCCCCCCCCCCCCCCC. The molecule has 0 saturated heterocycles. The van der Waals surface area contributed by atoms with E-state index in [1.54, 1.807) is 0 Å². The molecule has 330 valence electrons. The summed E-state index contributed by atoms with van der Waals surface area (Å²) in [7, 11) is 0. The molecule has 0 aliphatic heterocycles. The zero-order chi connectivity index (χ0) is 41.7. The van der Waals surface area contributed by atoms with Gasteiger partial charge in [-0.05, 0) is 44.9 Å². The van der Waals surface area contributed by atoms with Gasteiger partial charge in [0.1, 0.15) is 6.10 Å². The van der Waals surface area contributed by atoms with E-state index in [1.807, 2.05) is 42.5 Å². The number of nitrogens with one attached hydrogen (secondary N) is 1. The normalized spacial score (nSPS) is 13.8. The number of ether oxygens (including phenoxy) is 1. The van der Waals surface area contributed by atoms with Crippen LogP contribution in [0.25, 0.3) is 0 Å². The molecular weight excluding hydrogens is 707 g/mol. The number of rotatable bonds is 42. The number of esters is 1. The van der Waals surface area contributed by atoms with Gasteiger partial charge in [0.05, 0.1) is 25.2 Å². The molecule has 0 aromatic carbocycles. The molecule has 0 bridgehead atoms. The Kier molecular flexibility index (Phi) is 42.7. The van der Waals surface area contributed by atoms with Gasteiger partial charge in [0.2, 0.25) is 5.91 Å². The number of aliphatic hydroxyl groups excluding tert-OH is 2. The Morgan fingerprint density at radius 3 is 1.42 bits per heavy atom. The van der Waals surface area contributed by atoms with Gasteiger partial charge in [0.25, 0.3) is 0 Å². The van der Waals surface area contributed by atoms with E-state index in [0.717, 1.165) is 70.6 Å². The summed E-state index contributed by atoms with van der Waals surface area (Å²) in [6, 6.07) is -0.709. The molecule has 0 saturated carbocycles. The molecule has 0 aliphatic rings. The van der Waals surface area contributed by atoms with E-state index in [0.29, 0.717) is 19.3 Å². The number of carbonyl (C=O) groups is 2. The van der Waals surface area contributed by atoms with Crippen molar-refractivity contribution in [1.82, 2.24) is 5.32 Å². The highest BCUT2D eigenvalue weighted by molar-refractivity contribution is 5.77. The van der Waals surface area contributed by atoms with Crippen LogP contribution in [0.15, 0.2) is 60.8 Å². The largest absolute Gasteiger partial charge is 0.462 e. The number of aliphatic hydroxyl groups is 2. The van der Waals surface area contributed by atoms with Crippen LogP contribution in [0.3, 0.4) is 0 Å². The number of hydrogen-bond donors (Lipinski definition) is 3. The van der Waals surface area contributed by atoms with Gasteiger partial charge < -0.3 is 20.3 Å². The van der Waals surface area contributed by atoms with Crippen LogP contribution < -0.4 is 5.32 Å². The van der Waals surface area contributed by atoms with Crippen molar-refractivity contribution in [3.8, 4) is 0 Å². The van der Waals surface area contributed by atoms with Crippen molar-refractivity contribution in [3.63, 3.8) is 0 Å². The number of hydrogen-bond acceptors (Lipinski definition) is 5. The first-order valence-corrected chi connectivity index (χ1v) is 24.1. The third-order valence-electron chi connectivity index (χ3n) is 10.7. The summed E-state index contributed by atoms with van der Waals surface area (Å²) in [5.41, 5.74) is 0. The van der Waals surface area contributed by atoms with Crippen LogP contribution in [0.1, 0.15) is 226 Å². The summed E-state index contributed by atoms with van der Waals surface area (Å²) >= 11 is 0. The second kappa shape index (κ2) is 44.7. The number of allylic oxidation sites excluding steroid dienone is 10. The molecule has 3 atom stereocenters. The van der Waals surface area contributed by atoms with Crippen LogP contribution in [0.2, 0.25) is 0 Å². The molecule has 0 heterocycles. The maximum atomic E-state index is 13.1. The summed E-state index contributed by atoms with van der Waals surface area (Å²) in [6.45, 7) is 6.30. The van der Waals surface area contributed by atoms with Crippen molar-refractivity contribution in [1.29, 1.82) is 0 Å². The molecule has 3 N–H and O–H groups in total. The average Bonchev–Trinajstić information content (AvgIpc) is 3.20. The van der Waals surface area contributed by atoms with E-state index in [1.165, 1.54) is 109 Å². The molecule has 3 unspecified atom stereocenters. The summed E-state index contributed by atoms with van der Waals surface area (Å²) in [5, 5.41) is 23.7. The predicted molar refractivity (Wildman–Crippen MR) is 245 cm³/mol. The van der Waals surface area contributed by atoms with Gasteiger partial charge in [-0.3, -0.25) is 9.59 Å². The lowest BCUT2D eigenvalue weighted by molar-refractivity contribution is -0.151. The predicted octanol–water partition coefficient (Wildman–Crippen LogP) is 14.1. The Hall–Kier alpha value is -2.44. The highest BCUT2D eigenvalue weighted by Crippen LogP contribution is 2.18. The van der Waals surface area contributed by atoms with Gasteiger partial charge in [-0.1, -0.05) is 229 Å². The summed E-state index contributed by atoms with van der Waals surface area (Å²) < 4.78 is 5.87. The van der Waals surface area contributed by atoms with Crippen LogP contribution in [-0.4, -0.2) is 46.9 Å². The topological polar surface area (TPSA) is 95.9 Å². The fraction of sp³-hybridized carbons (Fsp3) is 0.765. The molecule has 6 nitrogen and oxygen atoms in total. The fourth-order valence-corrected chi connectivity index (χ4v) is 7.10. The molecule has 0 aliphatic carbocycles. The van der Waals surface area contributed by atoms with Gasteiger partial charge >= 0.3 is 5.97 Å². The van der Waals surface area contributed by atoms with Gasteiger partial charge in [-0.15, -0.1) is 0 Å². The lowest BCUT2D eigenvalue weighted by Gasteiger charge is -2.24. The summed E-state index contributed by atoms with van der Waals surface area (Å²) in [5.74, 6) is -0.525. The van der Waals surface area contributed by atoms with Gasteiger partial charge in [0, 0.05) is 6.42 Å². The Morgan fingerprint density at radius 1 is 0.526 bits per heavy atom. The van der Waals surface area contributed by atoms with Crippen LogP contribution in [0.5, 0.6) is 0 Å². The quantitative estimate of drug-likeness (QED) is 0.0325. The Balaban J connectivity index is 4.51. The van der Waals surface area contributed by atoms with Crippen LogP contribution >= 0.6 is 0 Å². The first-order valence-electron chi connectivity index (χ1n) is 24.1. The minimum atomic E-state index is -0.794. The van der Waals surface area contributed by atoms with Crippen molar-refractivity contribution in [2.75, 3.05) is 6.61 Å². The Labute approximate surface area is 352 Å². The van der Waals surface area contributed by atoms with Gasteiger partial charge in [-0.2, -0.15) is 0 Å². The molecule has 0 spiro atoms. The van der Waals surface area contributed by atoms with Gasteiger partial charge in [-0.25, -0.2) is 0 Å². The van der Waals surface area contributed by atoms with Gasteiger partial charge in [0.15, 0.2) is 0 Å². The maximum absolute atomic E-state index is 13.1. The maximum Gasteiger partial charge on any atom is 0.306 e. The third kappa shape index (κ3) is 40.1. The van der Waals surface area contributed by atoms with Crippen LogP contribution in [-0.2, 0) is 14.3 Å². The third-order valence-corrected chi connectivity index (χ3v) is 10.7. The molecule has 57 heavy (non-hydrogen) atoms. The Morgan fingerprint density at radius 2 is 0.947 bits per heavy atom. The van der Waals surface area contributed by atoms with Crippen molar-refractivity contribution in [2.24, 2.45) is 0 Å². The number of carbonyl (C=O) groups excluding carboxylic acids is 2. The zero-order valence-electron chi connectivity index (χ0n) is 37.5. The molecule has 0 radical (unpaired) electrons.